The second kappa shape index (κ2) is 7.69. The van der Waals surface area contributed by atoms with Gasteiger partial charge in [0, 0.05) is 19.6 Å². The highest BCUT2D eigenvalue weighted by Crippen LogP contribution is 2.14. The molecule has 0 aromatic carbocycles. The van der Waals surface area contributed by atoms with Crippen LogP contribution in [0.5, 0.6) is 0 Å². The Balaban J connectivity index is 2.12. The van der Waals surface area contributed by atoms with Crippen molar-refractivity contribution < 1.29 is 22.7 Å². The summed E-state index contributed by atoms with van der Waals surface area (Å²) in [6.45, 7) is 2.20. The van der Waals surface area contributed by atoms with Crippen molar-refractivity contribution >= 4 is 5.91 Å². The zero-order valence-electron chi connectivity index (χ0n) is 11.1. The predicted molar refractivity (Wildman–Crippen MR) is 64.8 cm³/mol. The third kappa shape index (κ3) is 6.77. The number of nitrogens with one attached hydrogen (secondary N) is 1. The first kappa shape index (κ1) is 16.2. The monoisotopic (exact) mass is 282 g/mol. The smallest absolute Gasteiger partial charge is 0.371 e. The molecule has 1 heterocycles. The second-order valence-corrected chi connectivity index (χ2v) is 4.73. The van der Waals surface area contributed by atoms with Crippen molar-refractivity contribution in [2.24, 2.45) is 0 Å². The van der Waals surface area contributed by atoms with Crippen LogP contribution in [0.15, 0.2) is 0 Å². The molecule has 0 aromatic rings. The Morgan fingerprint density at radius 2 is 1.95 bits per heavy atom. The van der Waals surface area contributed by atoms with E-state index in [4.69, 9.17) is 0 Å². The summed E-state index contributed by atoms with van der Waals surface area (Å²) in [6.07, 6.45) is -1.10. The number of carbonyl (C=O) groups excluding carboxylic acids is 1. The molecule has 1 saturated heterocycles. The molecule has 1 unspecified atom stereocenters. The van der Waals surface area contributed by atoms with Crippen LogP contribution in [-0.4, -0.2) is 55.9 Å². The molecular formula is C12H21F3N2O2. The molecule has 1 N–H and O–H groups in total. The average Bonchev–Trinajstić information content (AvgIpc) is 2.37. The van der Waals surface area contributed by atoms with E-state index in [9.17, 15) is 18.0 Å². The lowest BCUT2D eigenvalue weighted by Crippen LogP contribution is -2.47. The van der Waals surface area contributed by atoms with E-state index in [0.717, 1.165) is 32.4 Å². The minimum atomic E-state index is -4.30. The van der Waals surface area contributed by atoms with E-state index in [-0.39, 0.29) is 25.1 Å². The number of likely N-dealkylation sites (tertiary alicyclic amines) is 1. The minimum Gasteiger partial charge on any atom is -0.371 e. The number of halogens is 3. The van der Waals surface area contributed by atoms with Crippen LogP contribution in [0.1, 0.15) is 26.2 Å². The van der Waals surface area contributed by atoms with E-state index in [2.05, 4.69) is 10.1 Å². The first-order valence-corrected chi connectivity index (χ1v) is 6.57. The number of ether oxygens (including phenoxy) is 1. The van der Waals surface area contributed by atoms with Gasteiger partial charge in [-0.15, -0.1) is 0 Å². The van der Waals surface area contributed by atoms with Crippen molar-refractivity contribution in [3.05, 3.63) is 0 Å². The van der Waals surface area contributed by atoms with E-state index in [1.807, 2.05) is 0 Å². The average molecular weight is 282 g/mol. The van der Waals surface area contributed by atoms with Gasteiger partial charge in [0.05, 0.1) is 12.6 Å². The molecule has 0 aromatic heterocycles. The molecule has 7 heteroatoms. The van der Waals surface area contributed by atoms with Gasteiger partial charge in [-0.25, -0.2) is 0 Å². The number of amides is 1. The summed E-state index contributed by atoms with van der Waals surface area (Å²) in [5.74, 6) is 0.00974. The number of nitrogens with zero attached hydrogens (tertiary/aromatic N) is 1. The molecule has 1 aliphatic heterocycles. The molecule has 1 rings (SSSR count). The lowest BCUT2D eigenvalue weighted by atomic mass is 10.1. The van der Waals surface area contributed by atoms with E-state index in [1.165, 1.54) is 0 Å². The summed E-state index contributed by atoms with van der Waals surface area (Å²) in [4.78, 5) is 13.8. The van der Waals surface area contributed by atoms with Crippen LogP contribution in [0, 0.1) is 0 Å². The quantitative estimate of drug-likeness (QED) is 0.752. The second-order valence-electron chi connectivity index (χ2n) is 4.73. The maximum Gasteiger partial charge on any atom is 0.411 e. The third-order valence-corrected chi connectivity index (χ3v) is 3.00. The predicted octanol–water partition coefficient (Wildman–Crippen LogP) is 1.56. The van der Waals surface area contributed by atoms with Crippen LogP contribution in [0.25, 0.3) is 0 Å². The number of hydrogen-bond acceptors (Lipinski definition) is 3. The maximum atomic E-state index is 12.0. The van der Waals surface area contributed by atoms with E-state index >= 15 is 0 Å². The van der Waals surface area contributed by atoms with Crippen molar-refractivity contribution in [1.82, 2.24) is 10.2 Å². The molecule has 1 atom stereocenters. The van der Waals surface area contributed by atoms with Crippen molar-refractivity contribution in [3.8, 4) is 0 Å². The number of rotatable bonds is 6. The maximum absolute atomic E-state index is 12.0. The molecule has 112 valence electrons. The fourth-order valence-corrected chi connectivity index (χ4v) is 2.01. The van der Waals surface area contributed by atoms with Gasteiger partial charge in [-0.1, -0.05) is 0 Å². The van der Waals surface area contributed by atoms with Gasteiger partial charge in [0.2, 0.25) is 5.91 Å². The Labute approximate surface area is 111 Å². The SMILES string of the molecule is CC(NCCOCC(F)(F)F)C(=O)N1CCCCC1. The van der Waals surface area contributed by atoms with E-state index < -0.39 is 12.8 Å². The van der Waals surface area contributed by atoms with E-state index in [0.29, 0.717) is 0 Å². The minimum absolute atomic E-state index is 0.00974. The molecule has 1 fully saturated rings. The van der Waals surface area contributed by atoms with Gasteiger partial charge < -0.3 is 15.0 Å². The summed E-state index contributed by atoms with van der Waals surface area (Å²) < 4.78 is 39.9. The largest absolute Gasteiger partial charge is 0.411 e. The van der Waals surface area contributed by atoms with Crippen LogP contribution in [0.4, 0.5) is 13.2 Å². The molecule has 1 amide bonds. The molecule has 0 aliphatic carbocycles. The highest BCUT2D eigenvalue weighted by atomic mass is 19.4. The van der Waals surface area contributed by atoms with Gasteiger partial charge in [-0.05, 0) is 26.2 Å². The number of carbonyl (C=O) groups is 1. The topological polar surface area (TPSA) is 41.6 Å². The van der Waals surface area contributed by atoms with Gasteiger partial charge in [-0.2, -0.15) is 13.2 Å². The Bertz CT molecular complexity index is 279. The van der Waals surface area contributed by atoms with Crippen LogP contribution in [0.2, 0.25) is 0 Å². The Morgan fingerprint density at radius 1 is 1.32 bits per heavy atom. The molecule has 0 spiro atoms. The van der Waals surface area contributed by atoms with Crippen LogP contribution in [0.3, 0.4) is 0 Å². The first-order valence-electron chi connectivity index (χ1n) is 6.57. The normalized spacial score (nSPS) is 18.4. The molecule has 0 bridgehead atoms. The number of piperidine rings is 1. The Morgan fingerprint density at radius 3 is 2.53 bits per heavy atom. The number of hydrogen-bond donors (Lipinski definition) is 1. The molecule has 4 nitrogen and oxygen atoms in total. The molecular weight excluding hydrogens is 261 g/mol. The highest BCUT2D eigenvalue weighted by molar-refractivity contribution is 5.81. The first-order chi connectivity index (χ1) is 8.90. The molecule has 19 heavy (non-hydrogen) atoms. The molecule has 1 aliphatic rings. The van der Waals surface area contributed by atoms with Gasteiger partial charge in [-0.3, -0.25) is 4.79 Å². The standard InChI is InChI=1S/C12H21F3N2O2/c1-10(11(18)17-6-3-2-4-7-17)16-5-8-19-9-12(13,14)15/h10,16H,2-9H2,1H3. The zero-order chi connectivity index (χ0) is 14.3. The molecule has 0 saturated carbocycles. The number of alkyl halides is 3. The van der Waals surface area contributed by atoms with Crippen molar-refractivity contribution in [1.29, 1.82) is 0 Å². The van der Waals surface area contributed by atoms with Crippen LogP contribution >= 0.6 is 0 Å². The van der Waals surface area contributed by atoms with Gasteiger partial charge in [0.1, 0.15) is 6.61 Å². The zero-order valence-corrected chi connectivity index (χ0v) is 11.1. The van der Waals surface area contributed by atoms with Crippen LogP contribution < -0.4 is 5.32 Å². The van der Waals surface area contributed by atoms with Crippen molar-refractivity contribution in [3.63, 3.8) is 0 Å². The van der Waals surface area contributed by atoms with Crippen molar-refractivity contribution in [2.45, 2.75) is 38.4 Å². The fourth-order valence-electron chi connectivity index (χ4n) is 2.01. The highest BCUT2D eigenvalue weighted by Gasteiger charge is 2.27. The van der Waals surface area contributed by atoms with E-state index in [1.54, 1.807) is 11.8 Å². The summed E-state index contributed by atoms with van der Waals surface area (Å²) in [5.41, 5.74) is 0. The summed E-state index contributed by atoms with van der Waals surface area (Å²) in [5, 5.41) is 2.88. The van der Waals surface area contributed by atoms with Gasteiger partial charge in [0.25, 0.3) is 0 Å². The van der Waals surface area contributed by atoms with Crippen LogP contribution in [-0.2, 0) is 9.53 Å². The third-order valence-electron chi connectivity index (χ3n) is 3.00. The van der Waals surface area contributed by atoms with Gasteiger partial charge >= 0.3 is 6.18 Å². The molecule has 0 radical (unpaired) electrons. The lowest BCUT2D eigenvalue weighted by molar-refractivity contribution is -0.173. The van der Waals surface area contributed by atoms with Gasteiger partial charge in [0.15, 0.2) is 0 Å². The van der Waals surface area contributed by atoms with Crippen molar-refractivity contribution in [2.75, 3.05) is 32.8 Å². The summed E-state index contributed by atoms with van der Waals surface area (Å²) in [7, 11) is 0. The lowest BCUT2D eigenvalue weighted by Gasteiger charge is -2.29. The summed E-state index contributed by atoms with van der Waals surface area (Å²) in [6, 6.07) is -0.382. The summed E-state index contributed by atoms with van der Waals surface area (Å²) >= 11 is 0. The Hall–Kier alpha value is -0.820. The fraction of sp³-hybridized carbons (Fsp3) is 0.917. The Kier molecular flexibility index (Phi) is 6.57.